The molecule has 1 aliphatic rings. The first-order valence-electron chi connectivity index (χ1n) is 12.0. The van der Waals surface area contributed by atoms with Crippen molar-refractivity contribution in [1.82, 2.24) is 0 Å². The van der Waals surface area contributed by atoms with Crippen LogP contribution in [0.15, 0.2) is 48.5 Å². The third kappa shape index (κ3) is 7.31. The highest BCUT2D eigenvalue weighted by molar-refractivity contribution is 6.30. The summed E-state index contributed by atoms with van der Waals surface area (Å²) in [6, 6.07) is 12.8. The lowest BCUT2D eigenvalue weighted by Gasteiger charge is -2.19. The van der Waals surface area contributed by atoms with Crippen molar-refractivity contribution in [3.63, 3.8) is 0 Å². The Bertz CT molecular complexity index is 1070. The largest absolute Gasteiger partial charge is 0.462 e. The number of rotatable bonds is 12. The van der Waals surface area contributed by atoms with Gasteiger partial charge < -0.3 is 14.4 Å². The normalized spacial score (nSPS) is 16.0. The quantitative estimate of drug-likeness (QED) is 0.155. The van der Waals surface area contributed by atoms with Crippen LogP contribution in [0.3, 0.4) is 0 Å². The van der Waals surface area contributed by atoms with Crippen molar-refractivity contribution < 1.29 is 28.7 Å². The predicted octanol–water partition coefficient (Wildman–Crippen LogP) is 5.46. The summed E-state index contributed by atoms with van der Waals surface area (Å²) in [6.07, 6.45) is 1.91. The summed E-state index contributed by atoms with van der Waals surface area (Å²) in [6.45, 7) is 2.55. The van der Waals surface area contributed by atoms with Crippen LogP contribution in [0.25, 0.3) is 0 Å². The molecule has 0 spiro atoms. The number of Topliss-reactive ketones (excluding diaryl/α,β-unsaturated/α-hetero) is 1. The fraction of sp³-hybridized carbons (Fsp3) is 0.407. The minimum absolute atomic E-state index is 0.0389. The molecule has 2 aromatic carbocycles. The maximum Gasteiger partial charge on any atom is 0.338 e. The monoisotopic (exact) mass is 533 g/mol. The van der Waals surface area contributed by atoms with Gasteiger partial charge in [-0.1, -0.05) is 31.4 Å². The molecule has 1 heterocycles. The molecule has 0 bridgehead atoms. The number of amides is 1. The number of anilines is 1. The summed E-state index contributed by atoms with van der Waals surface area (Å²) in [7, 11) is 0. The minimum atomic E-state index is -1.05. The highest BCUT2D eigenvalue weighted by Crippen LogP contribution is 2.27. The average Bonchev–Trinajstić information content (AvgIpc) is 3.28. The van der Waals surface area contributed by atoms with Gasteiger partial charge in [0.15, 0.2) is 6.10 Å². The van der Waals surface area contributed by atoms with E-state index in [0.29, 0.717) is 28.4 Å². The Morgan fingerprint density at radius 2 is 1.69 bits per heavy atom. The zero-order valence-electron chi connectivity index (χ0n) is 20.1. The Kier molecular flexibility index (Phi) is 10.3. The first-order valence-corrected chi connectivity index (χ1v) is 12.9. The molecule has 1 fully saturated rings. The lowest BCUT2D eigenvalue weighted by molar-refractivity contribution is -0.151. The van der Waals surface area contributed by atoms with Crippen molar-refractivity contribution in [1.29, 1.82) is 0 Å². The van der Waals surface area contributed by atoms with Crippen molar-refractivity contribution in [2.45, 2.75) is 45.1 Å². The number of hydrogen-bond donors (Lipinski definition) is 0. The zero-order valence-corrected chi connectivity index (χ0v) is 21.6. The van der Waals surface area contributed by atoms with E-state index in [1.807, 2.05) is 0 Å². The van der Waals surface area contributed by atoms with E-state index in [0.717, 1.165) is 19.3 Å². The molecule has 0 unspecified atom stereocenters. The summed E-state index contributed by atoms with van der Waals surface area (Å²) >= 11 is 11.7. The number of benzene rings is 2. The van der Waals surface area contributed by atoms with Crippen LogP contribution in [0.1, 0.15) is 59.7 Å². The van der Waals surface area contributed by atoms with Gasteiger partial charge in [-0.2, -0.15) is 0 Å². The Morgan fingerprint density at radius 1 is 1.03 bits per heavy atom. The Morgan fingerprint density at radius 3 is 2.33 bits per heavy atom. The SMILES string of the molecule is CCCCCOC(=O)c1ccc(N2C[C@@H](C(=O)O[C@H](CCCl)C(=O)c3ccc(Cl)cc3)CC2=O)cc1. The van der Waals surface area contributed by atoms with Crippen LogP contribution in [0, 0.1) is 5.92 Å². The molecule has 7 nitrogen and oxygen atoms in total. The van der Waals surface area contributed by atoms with E-state index in [9.17, 15) is 19.2 Å². The summed E-state index contributed by atoms with van der Waals surface area (Å²) in [5.74, 6) is -2.26. The fourth-order valence-electron chi connectivity index (χ4n) is 3.87. The Hall–Kier alpha value is -2.90. The summed E-state index contributed by atoms with van der Waals surface area (Å²) in [5, 5.41) is 0.485. The van der Waals surface area contributed by atoms with E-state index in [2.05, 4.69) is 6.92 Å². The molecule has 36 heavy (non-hydrogen) atoms. The summed E-state index contributed by atoms with van der Waals surface area (Å²) in [4.78, 5) is 52.0. The standard InChI is InChI=1S/C27H29Cl2NO6/c1-2-3-4-15-35-26(33)19-7-11-22(12-8-19)30-17-20(16-24(30)31)27(34)36-23(13-14-28)25(32)18-5-9-21(29)10-6-18/h5-12,20,23H,2-4,13-17H2,1H3/t20-,23+/m0/s1. The number of alkyl halides is 1. The van der Waals surface area contributed by atoms with E-state index in [1.54, 1.807) is 48.5 Å². The van der Waals surface area contributed by atoms with Crippen molar-refractivity contribution in [3.8, 4) is 0 Å². The van der Waals surface area contributed by atoms with Crippen LogP contribution in [-0.2, 0) is 19.1 Å². The van der Waals surface area contributed by atoms with Crippen molar-refractivity contribution >= 4 is 52.5 Å². The van der Waals surface area contributed by atoms with Gasteiger partial charge in [0.1, 0.15) is 0 Å². The van der Waals surface area contributed by atoms with Crippen molar-refractivity contribution in [2.75, 3.05) is 23.9 Å². The van der Waals surface area contributed by atoms with Gasteiger partial charge in [-0.25, -0.2) is 4.79 Å². The number of unbranched alkanes of at least 4 members (excludes halogenated alkanes) is 2. The zero-order chi connectivity index (χ0) is 26.1. The van der Waals surface area contributed by atoms with E-state index in [1.165, 1.54) is 4.90 Å². The first kappa shape index (κ1) is 27.7. The van der Waals surface area contributed by atoms with Crippen LogP contribution >= 0.6 is 23.2 Å². The lowest BCUT2D eigenvalue weighted by Crippen LogP contribution is -2.32. The van der Waals surface area contributed by atoms with Crippen LogP contribution < -0.4 is 4.90 Å². The number of nitrogens with zero attached hydrogens (tertiary/aromatic N) is 1. The molecule has 0 aromatic heterocycles. The van der Waals surface area contributed by atoms with Crippen molar-refractivity contribution in [3.05, 3.63) is 64.7 Å². The molecule has 0 aliphatic carbocycles. The molecule has 1 amide bonds. The molecular weight excluding hydrogens is 505 g/mol. The number of halogens is 2. The van der Waals surface area contributed by atoms with Gasteiger partial charge in [0.2, 0.25) is 11.7 Å². The van der Waals surface area contributed by atoms with Gasteiger partial charge in [-0.05, 0) is 55.0 Å². The third-order valence-corrected chi connectivity index (χ3v) is 6.38. The maximum atomic E-state index is 12.9. The van der Waals surface area contributed by atoms with Gasteiger partial charge in [-0.15, -0.1) is 11.6 Å². The minimum Gasteiger partial charge on any atom is -0.462 e. The average molecular weight is 534 g/mol. The Balaban J connectivity index is 1.60. The second-order valence-electron chi connectivity index (χ2n) is 8.57. The van der Waals surface area contributed by atoms with E-state index < -0.39 is 24.0 Å². The van der Waals surface area contributed by atoms with E-state index in [4.69, 9.17) is 32.7 Å². The summed E-state index contributed by atoms with van der Waals surface area (Å²) in [5.41, 5.74) is 1.31. The molecule has 192 valence electrons. The molecule has 2 atom stereocenters. The predicted molar refractivity (Wildman–Crippen MR) is 138 cm³/mol. The molecule has 0 radical (unpaired) electrons. The third-order valence-electron chi connectivity index (χ3n) is 5.90. The molecule has 1 aliphatic heterocycles. The van der Waals surface area contributed by atoms with Crippen LogP contribution in [0.4, 0.5) is 5.69 Å². The number of carbonyl (C=O) groups is 4. The molecule has 2 aromatic rings. The second kappa shape index (κ2) is 13.4. The Labute approximate surface area is 220 Å². The second-order valence-corrected chi connectivity index (χ2v) is 9.38. The topological polar surface area (TPSA) is 90.0 Å². The van der Waals surface area contributed by atoms with E-state index in [-0.39, 0.29) is 37.0 Å². The van der Waals surface area contributed by atoms with Gasteiger partial charge in [-0.3, -0.25) is 14.4 Å². The van der Waals surface area contributed by atoms with Crippen LogP contribution in [0.2, 0.25) is 5.02 Å². The highest BCUT2D eigenvalue weighted by atomic mass is 35.5. The smallest absolute Gasteiger partial charge is 0.338 e. The van der Waals surface area contributed by atoms with Crippen LogP contribution in [-0.4, -0.2) is 48.8 Å². The number of esters is 2. The maximum absolute atomic E-state index is 12.9. The summed E-state index contributed by atoms with van der Waals surface area (Å²) < 4.78 is 10.8. The van der Waals surface area contributed by atoms with Crippen molar-refractivity contribution in [2.24, 2.45) is 5.92 Å². The van der Waals surface area contributed by atoms with E-state index >= 15 is 0 Å². The molecule has 1 saturated heterocycles. The molecule has 0 saturated carbocycles. The number of hydrogen-bond acceptors (Lipinski definition) is 6. The molecule has 3 rings (SSSR count). The number of ether oxygens (including phenoxy) is 2. The number of ketones is 1. The fourth-order valence-corrected chi connectivity index (χ4v) is 4.20. The molecular formula is C27H29Cl2NO6. The van der Waals surface area contributed by atoms with Gasteiger partial charge in [0.05, 0.1) is 18.1 Å². The van der Waals surface area contributed by atoms with Gasteiger partial charge in [0, 0.05) is 41.5 Å². The highest BCUT2D eigenvalue weighted by Gasteiger charge is 2.38. The van der Waals surface area contributed by atoms with Crippen LogP contribution in [0.5, 0.6) is 0 Å². The lowest BCUT2D eigenvalue weighted by atomic mass is 10.0. The first-order chi connectivity index (χ1) is 17.3. The van der Waals surface area contributed by atoms with Gasteiger partial charge >= 0.3 is 11.9 Å². The van der Waals surface area contributed by atoms with Gasteiger partial charge in [0.25, 0.3) is 0 Å². The molecule has 0 N–H and O–H groups in total. The number of carbonyl (C=O) groups excluding carboxylic acids is 4. The molecule has 9 heteroatoms.